The van der Waals surface area contributed by atoms with Crippen molar-refractivity contribution in [1.82, 2.24) is 41.3 Å². The van der Waals surface area contributed by atoms with E-state index in [0.717, 1.165) is 17.5 Å². The average molecular weight is 1420 g/mol. The Labute approximate surface area is 602 Å². The molecule has 1 fully saturated rings. The minimum absolute atomic E-state index is 0.0194. The molecule has 2 heterocycles. The van der Waals surface area contributed by atoms with E-state index in [1.54, 1.807) is 110 Å². The number of ether oxygens (including phenoxy) is 4. The van der Waals surface area contributed by atoms with Gasteiger partial charge in [0.05, 0.1) is 54.0 Å². The molecule has 3 aromatic carbocycles. The Hall–Kier alpha value is -8.07. The number of hydrogen-bond acceptors (Lipinski definition) is 16. The molecule has 5 rings (SSSR count). The van der Waals surface area contributed by atoms with Crippen LogP contribution in [-0.4, -0.2) is 195 Å². The van der Waals surface area contributed by atoms with Gasteiger partial charge in [0.2, 0.25) is 35.4 Å². The first-order chi connectivity index (χ1) is 47.8. The number of nitrogens with two attached hydrogens (primary N) is 1. The number of primary amides is 1. The number of nitrogens with one attached hydrogen (secondary N) is 6. The lowest BCUT2D eigenvalue weighted by molar-refractivity contribution is -0.148. The Morgan fingerprint density at radius 2 is 1.40 bits per heavy atom. The molecule has 2 aliphatic rings. The van der Waals surface area contributed by atoms with Crippen LogP contribution < -0.4 is 42.5 Å². The van der Waals surface area contributed by atoms with Crippen LogP contribution in [0.3, 0.4) is 0 Å². The Bertz CT molecular complexity index is 3240. The van der Waals surface area contributed by atoms with Crippen molar-refractivity contribution in [2.24, 2.45) is 40.3 Å². The topological polar surface area (TPSA) is 314 Å². The quantitative estimate of drug-likeness (QED) is 0.0265. The highest BCUT2D eigenvalue weighted by Gasteiger charge is 2.44. The second-order valence-corrected chi connectivity index (χ2v) is 29.6. The maximum Gasteiger partial charge on any atom is 0.414 e. The van der Waals surface area contributed by atoms with Gasteiger partial charge in [0.1, 0.15) is 30.3 Å². The summed E-state index contributed by atoms with van der Waals surface area (Å²) >= 11 is 1.61. The summed E-state index contributed by atoms with van der Waals surface area (Å²) in [7, 11) is 8.36. The number of hydrogen-bond donors (Lipinski definition) is 7. The summed E-state index contributed by atoms with van der Waals surface area (Å²) in [6.45, 7) is 23.3. The lowest BCUT2D eigenvalue weighted by Gasteiger charge is -2.41. The molecule has 0 radical (unpaired) electrons. The van der Waals surface area contributed by atoms with E-state index in [0.29, 0.717) is 62.1 Å². The van der Waals surface area contributed by atoms with E-state index in [2.05, 4.69) is 36.9 Å². The highest BCUT2D eigenvalue weighted by atomic mass is 32.2. The van der Waals surface area contributed by atoms with Crippen molar-refractivity contribution in [3.63, 3.8) is 0 Å². The van der Waals surface area contributed by atoms with E-state index in [4.69, 9.17) is 24.7 Å². The molecule has 26 heteroatoms. The number of carbonyl (C=O) groups excluding carboxylic acids is 9. The Balaban J connectivity index is 1.15. The van der Waals surface area contributed by atoms with E-state index in [9.17, 15) is 43.2 Å². The van der Waals surface area contributed by atoms with Gasteiger partial charge in [0, 0.05) is 71.7 Å². The monoisotopic (exact) mass is 1420 g/mol. The molecule has 101 heavy (non-hydrogen) atoms. The fourth-order valence-corrected chi connectivity index (χ4v) is 13.7. The van der Waals surface area contributed by atoms with Gasteiger partial charge in [-0.05, 0) is 136 Å². The zero-order valence-corrected chi connectivity index (χ0v) is 63.2. The van der Waals surface area contributed by atoms with Crippen molar-refractivity contribution < 1.29 is 62.1 Å². The Morgan fingerprint density at radius 1 is 0.743 bits per heavy atom. The molecule has 25 nitrogen and oxygen atoms in total. The molecule has 2 aliphatic heterocycles. The van der Waals surface area contributed by atoms with Crippen LogP contribution >= 0.6 is 11.8 Å². The molecule has 3 unspecified atom stereocenters. The van der Waals surface area contributed by atoms with Crippen molar-refractivity contribution in [2.45, 2.75) is 206 Å². The number of thioether (sulfide) groups is 1. The van der Waals surface area contributed by atoms with Gasteiger partial charge >= 0.3 is 18.2 Å². The smallest absolute Gasteiger partial charge is 0.414 e. The number of amides is 10. The van der Waals surface area contributed by atoms with Gasteiger partial charge in [-0.15, -0.1) is 11.8 Å². The minimum atomic E-state index is -1.06. The summed E-state index contributed by atoms with van der Waals surface area (Å²) in [6.07, 6.45) is 4.57. The molecular formula is C75H114N12O13S. The van der Waals surface area contributed by atoms with E-state index >= 15 is 0 Å². The first-order valence-electron chi connectivity index (χ1n) is 35.3. The maximum absolute atomic E-state index is 14.9. The Kier molecular flexibility index (Phi) is 33.6. The summed E-state index contributed by atoms with van der Waals surface area (Å²) in [6, 6.07) is 18.7. The number of likely N-dealkylation sites (tertiary alicyclic amines) is 1. The molecule has 558 valence electrons. The summed E-state index contributed by atoms with van der Waals surface area (Å²) in [5.41, 5.74) is 8.09. The third kappa shape index (κ3) is 25.7. The van der Waals surface area contributed by atoms with Crippen LogP contribution in [0.4, 0.5) is 25.8 Å². The number of likely N-dealkylation sites (N-methyl/N-ethyl adjacent to an activating group) is 2. The van der Waals surface area contributed by atoms with E-state index in [1.165, 1.54) is 4.90 Å². The largest absolute Gasteiger partial charge is 0.444 e. The number of nitrogens with zero attached hydrogens (tertiary/aromatic N) is 5. The zero-order valence-electron chi connectivity index (χ0n) is 62.4. The first kappa shape index (κ1) is 83.6. The summed E-state index contributed by atoms with van der Waals surface area (Å²) in [5, 5.41) is 18.9. The van der Waals surface area contributed by atoms with Crippen LogP contribution in [0, 0.1) is 29.6 Å². The summed E-state index contributed by atoms with van der Waals surface area (Å²) in [5.74, 6) is -3.55. The molecule has 1 saturated heterocycles. The van der Waals surface area contributed by atoms with E-state index in [1.807, 2.05) is 132 Å². The second kappa shape index (κ2) is 40.5. The lowest BCUT2D eigenvalue weighted by Crippen LogP contribution is -2.60. The normalized spacial score (nSPS) is 17.5. The SMILES string of the molecule is CC[C@H](C)[C@@H]([C@@H](CC(=O)N1CCCC1[C@H](OC)[C@@H](C)C(=O)NC(Cc1ccccc1)C1C=NC=CS1)OC)N(C)C(=O)[C@@H](NC(=O)[C@H](C(C)C)N(C)CCc1ccc(N(C)C(=O)OCc2ccc(NC(=O)[C@H](CCCNC(N)=O)NC(=O)[C@@H](NC(=O)OC(C)(C)C)C(C)C)cc2)cc1)C(C)C. The fraction of sp³-hybridized carbons (Fsp3) is 0.600. The molecule has 0 aliphatic carbocycles. The van der Waals surface area contributed by atoms with Gasteiger partial charge in [-0.3, -0.25) is 43.6 Å². The van der Waals surface area contributed by atoms with E-state index < -0.39 is 84.0 Å². The van der Waals surface area contributed by atoms with Gasteiger partial charge < -0.3 is 66.4 Å². The number of rotatable bonds is 37. The molecule has 8 N–H and O–H groups in total. The standard InChI is InChI=1S/C75H114N12O13S/c1-18-49(8)65(59(97-16)43-61(88)87-39-23-27-58(87)66(98-17)50(9)67(89)81-57(60-44-77-38-41-101-60)42-52-24-20-19-21-25-52)86(15)71(93)63(47(4)5)82-70(92)64(48(6)7)84(13)40-36-51-30-34-55(35-31-51)85(14)74(96)99-45-53-28-32-54(33-29-53)79-68(90)56(26-22-37-78-72(76)94)80-69(91)62(46(2)3)83-73(95)100-75(10,11)12/h19-21,24-25,28-35,38,41,44,46-50,56-60,62-66H,18,22-23,26-27,36-37,39-40,42-43,45H2,1-17H3,(H,79,90)(H,80,91)(H,81,89)(H,82,92)(H,83,95)(H3,76,78,94)/t49-,50+,56-,57?,58?,59+,60?,62-,63-,64-,65-,66+/m0/s1. The van der Waals surface area contributed by atoms with Crippen LogP contribution in [0.2, 0.25) is 0 Å². The van der Waals surface area contributed by atoms with E-state index in [-0.39, 0.29) is 90.6 Å². The molecule has 0 bridgehead atoms. The highest BCUT2D eigenvalue weighted by Crippen LogP contribution is 2.31. The van der Waals surface area contributed by atoms with Gasteiger partial charge in [0.25, 0.3) is 0 Å². The van der Waals surface area contributed by atoms with Gasteiger partial charge in [-0.2, -0.15) is 0 Å². The van der Waals surface area contributed by atoms with Crippen LogP contribution in [0.5, 0.6) is 0 Å². The lowest BCUT2D eigenvalue weighted by atomic mass is 9.89. The molecule has 12 atom stereocenters. The Morgan fingerprint density at radius 3 is 1.97 bits per heavy atom. The number of benzene rings is 3. The molecule has 10 amide bonds. The van der Waals surface area contributed by atoms with Gasteiger partial charge in [-0.25, -0.2) is 14.4 Å². The number of urea groups is 1. The maximum atomic E-state index is 14.9. The van der Waals surface area contributed by atoms with Crippen molar-refractivity contribution >= 4 is 83.0 Å². The fourth-order valence-electron chi connectivity index (χ4n) is 12.9. The third-order valence-electron chi connectivity index (χ3n) is 18.7. The summed E-state index contributed by atoms with van der Waals surface area (Å²) < 4.78 is 23.3. The number of methoxy groups -OCH3 is 2. The van der Waals surface area contributed by atoms with Crippen LogP contribution in [0.15, 0.2) is 95.5 Å². The molecule has 0 aromatic heterocycles. The average Bonchev–Trinajstić information content (AvgIpc) is 1.80. The second-order valence-electron chi connectivity index (χ2n) is 28.6. The number of aliphatic imine (C=N–C) groups is 1. The van der Waals surface area contributed by atoms with Crippen molar-refractivity contribution in [3.8, 4) is 0 Å². The van der Waals surface area contributed by atoms with Crippen molar-refractivity contribution in [2.75, 3.05) is 65.2 Å². The van der Waals surface area contributed by atoms with Crippen LogP contribution in [0.25, 0.3) is 0 Å². The predicted octanol–water partition coefficient (Wildman–Crippen LogP) is 8.83. The molecule has 0 saturated carbocycles. The number of alkyl carbamates (subject to hydrolysis) is 1. The summed E-state index contributed by atoms with van der Waals surface area (Å²) in [4.78, 5) is 134. The zero-order chi connectivity index (χ0) is 74.8. The van der Waals surface area contributed by atoms with Crippen LogP contribution in [-0.2, 0) is 67.2 Å². The highest BCUT2D eigenvalue weighted by molar-refractivity contribution is 8.03. The van der Waals surface area contributed by atoms with Crippen LogP contribution in [0.1, 0.15) is 138 Å². The molecular weight excluding hydrogens is 1310 g/mol. The van der Waals surface area contributed by atoms with Gasteiger partial charge in [-0.1, -0.05) is 123 Å². The van der Waals surface area contributed by atoms with Gasteiger partial charge in [0.15, 0.2) is 0 Å². The number of anilines is 2. The first-order valence-corrected chi connectivity index (χ1v) is 36.3. The molecule has 3 aromatic rings. The van der Waals surface area contributed by atoms with Crippen molar-refractivity contribution in [1.29, 1.82) is 0 Å². The molecule has 0 spiro atoms. The third-order valence-corrected chi connectivity index (χ3v) is 19.7. The predicted molar refractivity (Wildman–Crippen MR) is 396 cm³/mol. The number of carbonyl (C=O) groups is 9. The minimum Gasteiger partial charge on any atom is -0.444 e. The van der Waals surface area contributed by atoms with Crippen molar-refractivity contribution in [3.05, 3.63) is 107 Å².